The molecule has 1 atom stereocenters. The Labute approximate surface area is 228 Å². The highest BCUT2D eigenvalue weighted by molar-refractivity contribution is 7.90. The lowest BCUT2D eigenvalue weighted by Gasteiger charge is -2.27. The van der Waals surface area contributed by atoms with E-state index >= 15 is 0 Å². The van der Waals surface area contributed by atoms with E-state index in [9.17, 15) is 18.1 Å². The Kier molecular flexibility index (Phi) is 8.42. The molecule has 9 nitrogen and oxygen atoms in total. The third-order valence-electron chi connectivity index (χ3n) is 6.34. The number of fused-ring (bicyclic) bond motifs is 1. The summed E-state index contributed by atoms with van der Waals surface area (Å²) in [5.74, 6) is 0.311. The fourth-order valence-electron chi connectivity index (χ4n) is 4.57. The molecule has 1 N–H and O–H groups in total. The Hall–Kier alpha value is -3.30. The average molecular weight is 574 g/mol. The zero-order valence-corrected chi connectivity index (χ0v) is 24.2. The maximum Gasteiger partial charge on any atom is 0.342 e. The first-order valence-corrected chi connectivity index (χ1v) is 15.4. The van der Waals surface area contributed by atoms with Gasteiger partial charge in [-0.3, -0.25) is 4.57 Å². The number of rotatable bonds is 11. The number of ether oxygens (including phenoxy) is 2. The Morgan fingerprint density at radius 3 is 2.08 bits per heavy atom. The number of para-hydroxylation sites is 1. The predicted octanol–water partition coefficient (Wildman–Crippen LogP) is 6.27. The van der Waals surface area contributed by atoms with Gasteiger partial charge in [0, 0.05) is 23.2 Å². The van der Waals surface area contributed by atoms with Crippen molar-refractivity contribution in [2.24, 2.45) is 0 Å². The SMILES string of the molecule is CCOP(=O)(OCC)C(c1cc(OC)c(OC)cc1O)c1cn(S(=O)(=O)c2ccc(C)cc2)c2ccccc12. The number of phenolic OH excluding ortho intramolecular Hbond substituents is 1. The largest absolute Gasteiger partial charge is 0.507 e. The average Bonchev–Trinajstić information content (AvgIpc) is 3.30. The van der Waals surface area contributed by atoms with Crippen molar-refractivity contribution in [3.05, 3.63) is 83.6 Å². The molecule has 0 bridgehead atoms. The van der Waals surface area contributed by atoms with Crippen molar-refractivity contribution in [2.75, 3.05) is 27.4 Å². The molecule has 0 fully saturated rings. The molecule has 0 aliphatic heterocycles. The van der Waals surface area contributed by atoms with Gasteiger partial charge in [0.15, 0.2) is 11.5 Å². The van der Waals surface area contributed by atoms with E-state index in [0.717, 1.165) is 9.54 Å². The maximum atomic E-state index is 14.4. The van der Waals surface area contributed by atoms with Crippen molar-refractivity contribution in [1.82, 2.24) is 3.97 Å². The van der Waals surface area contributed by atoms with E-state index in [1.807, 2.05) is 6.92 Å². The summed E-state index contributed by atoms with van der Waals surface area (Å²) in [7, 11) is -5.21. The highest BCUT2D eigenvalue weighted by atomic mass is 32.2. The van der Waals surface area contributed by atoms with Crippen LogP contribution in [0.2, 0.25) is 0 Å². The highest BCUT2D eigenvalue weighted by Crippen LogP contribution is 2.66. The maximum absolute atomic E-state index is 14.4. The summed E-state index contributed by atoms with van der Waals surface area (Å²) in [5.41, 5.74) is 0.613. The number of methoxy groups -OCH3 is 2. The zero-order valence-electron chi connectivity index (χ0n) is 22.5. The first-order chi connectivity index (χ1) is 18.6. The number of benzene rings is 3. The van der Waals surface area contributed by atoms with Crippen LogP contribution in [0.1, 0.15) is 36.2 Å². The van der Waals surface area contributed by atoms with Crippen molar-refractivity contribution in [1.29, 1.82) is 0 Å². The first-order valence-electron chi connectivity index (χ1n) is 12.4. The van der Waals surface area contributed by atoms with Crippen LogP contribution in [0, 0.1) is 6.92 Å². The molecule has 1 aromatic heterocycles. The summed E-state index contributed by atoms with van der Waals surface area (Å²) in [4.78, 5) is 0.101. The monoisotopic (exact) mass is 573 g/mol. The number of hydrogen-bond donors (Lipinski definition) is 1. The molecule has 0 aliphatic carbocycles. The second kappa shape index (κ2) is 11.4. The highest BCUT2D eigenvalue weighted by Gasteiger charge is 2.42. The number of hydrogen-bond acceptors (Lipinski definition) is 8. The molecule has 0 spiro atoms. The van der Waals surface area contributed by atoms with Crippen LogP contribution in [0.5, 0.6) is 17.2 Å². The summed E-state index contributed by atoms with van der Waals surface area (Å²) < 4.78 is 65.6. The summed E-state index contributed by atoms with van der Waals surface area (Å²) in [6.45, 7) is 5.35. The summed E-state index contributed by atoms with van der Waals surface area (Å²) >= 11 is 0. The van der Waals surface area contributed by atoms with E-state index in [-0.39, 0.29) is 40.9 Å². The van der Waals surface area contributed by atoms with Crippen LogP contribution >= 0.6 is 7.60 Å². The smallest absolute Gasteiger partial charge is 0.342 e. The van der Waals surface area contributed by atoms with Crippen molar-refractivity contribution in [3.63, 3.8) is 0 Å². The molecule has 0 amide bonds. The lowest BCUT2D eigenvalue weighted by atomic mass is 10.0. The molecule has 4 aromatic rings. The molecule has 0 saturated heterocycles. The number of aryl methyl sites for hydroxylation is 1. The normalized spacial score (nSPS) is 12.9. The van der Waals surface area contributed by atoms with Gasteiger partial charge in [-0.15, -0.1) is 0 Å². The number of aromatic hydroxyl groups is 1. The lowest BCUT2D eigenvalue weighted by Crippen LogP contribution is -2.12. The number of aromatic nitrogens is 1. The quantitative estimate of drug-likeness (QED) is 0.209. The van der Waals surface area contributed by atoms with Crippen molar-refractivity contribution in [2.45, 2.75) is 31.3 Å². The summed E-state index contributed by atoms with van der Waals surface area (Å²) in [5, 5.41) is 11.6. The van der Waals surface area contributed by atoms with Gasteiger partial charge in [0.05, 0.1) is 37.8 Å². The Balaban J connectivity index is 2.07. The minimum absolute atomic E-state index is 0.0577. The van der Waals surface area contributed by atoms with Crippen LogP contribution in [0.25, 0.3) is 10.9 Å². The van der Waals surface area contributed by atoms with E-state index < -0.39 is 23.3 Å². The van der Waals surface area contributed by atoms with E-state index in [4.69, 9.17) is 18.5 Å². The molecule has 1 unspecified atom stereocenters. The molecule has 1 heterocycles. The summed E-state index contributed by atoms with van der Waals surface area (Å²) in [6, 6.07) is 16.3. The first kappa shape index (κ1) is 28.7. The van der Waals surface area contributed by atoms with E-state index in [1.165, 1.54) is 32.5 Å². The van der Waals surface area contributed by atoms with E-state index in [0.29, 0.717) is 16.5 Å². The van der Waals surface area contributed by atoms with Crippen LogP contribution in [0.15, 0.2) is 71.8 Å². The van der Waals surface area contributed by atoms with Gasteiger partial charge in [0.2, 0.25) is 0 Å². The zero-order chi connectivity index (χ0) is 28.4. The van der Waals surface area contributed by atoms with Crippen LogP contribution in [0.4, 0.5) is 0 Å². The Bertz CT molecular complexity index is 1620. The molecule has 0 aliphatic rings. The van der Waals surface area contributed by atoms with Gasteiger partial charge in [0.25, 0.3) is 10.0 Å². The lowest BCUT2D eigenvalue weighted by molar-refractivity contribution is 0.214. The van der Waals surface area contributed by atoms with Crippen molar-refractivity contribution >= 4 is 28.5 Å². The molecule has 11 heteroatoms. The molecule has 39 heavy (non-hydrogen) atoms. The fourth-order valence-corrected chi connectivity index (χ4v) is 8.14. The van der Waals surface area contributed by atoms with Gasteiger partial charge in [-0.1, -0.05) is 35.9 Å². The number of nitrogens with zero attached hydrogens (tertiary/aromatic N) is 1. The van der Waals surface area contributed by atoms with Gasteiger partial charge in [-0.05, 0) is 50.6 Å². The minimum Gasteiger partial charge on any atom is -0.507 e. The van der Waals surface area contributed by atoms with Crippen molar-refractivity contribution < 1.29 is 36.6 Å². The minimum atomic E-state index is -4.04. The van der Waals surface area contributed by atoms with Crippen LogP contribution in [-0.2, 0) is 23.6 Å². The topological polar surface area (TPSA) is 113 Å². The van der Waals surface area contributed by atoms with E-state index in [1.54, 1.807) is 62.4 Å². The second-order valence-electron chi connectivity index (χ2n) is 8.76. The van der Waals surface area contributed by atoms with Crippen LogP contribution in [-0.4, -0.2) is 44.9 Å². The van der Waals surface area contributed by atoms with Gasteiger partial charge in [0.1, 0.15) is 11.4 Å². The van der Waals surface area contributed by atoms with Crippen LogP contribution < -0.4 is 9.47 Å². The standard InChI is InChI=1S/C28H32NO8PS/c1-6-36-38(31,37-7-2)28(22-16-26(34-4)27(35-5)17-25(22)30)23-18-29(24-11-9-8-10-21(23)24)39(32,33)20-14-12-19(3)13-15-20/h8-18,28,30H,6-7H2,1-5H3. The van der Waals surface area contributed by atoms with Gasteiger partial charge in [-0.2, -0.15) is 0 Å². The molecular weight excluding hydrogens is 541 g/mol. The Morgan fingerprint density at radius 2 is 1.49 bits per heavy atom. The van der Waals surface area contributed by atoms with Crippen LogP contribution in [0.3, 0.4) is 0 Å². The molecule has 3 aromatic carbocycles. The Morgan fingerprint density at radius 1 is 0.897 bits per heavy atom. The third-order valence-corrected chi connectivity index (χ3v) is 10.5. The van der Waals surface area contributed by atoms with Gasteiger partial charge >= 0.3 is 7.60 Å². The van der Waals surface area contributed by atoms with Gasteiger partial charge in [-0.25, -0.2) is 12.4 Å². The number of phenols is 1. The van der Waals surface area contributed by atoms with E-state index in [2.05, 4.69) is 0 Å². The molecule has 0 radical (unpaired) electrons. The molecule has 4 rings (SSSR count). The third kappa shape index (κ3) is 5.30. The van der Waals surface area contributed by atoms with Gasteiger partial charge < -0.3 is 23.6 Å². The fraction of sp³-hybridized carbons (Fsp3) is 0.286. The predicted molar refractivity (Wildman–Crippen MR) is 150 cm³/mol. The van der Waals surface area contributed by atoms with Crippen molar-refractivity contribution in [3.8, 4) is 17.2 Å². The summed E-state index contributed by atoms with van der Waals surface area (Å²) in [6.07, 6.45) is 1.42. The second-order valence-corrected chi connectivity index (χ2v) is 12.7. The molecule has 0 saturated carbocycles. The molecule has 208 valence electrons. The molecular formula is C28H32NO8PS.